The van der Waals surface area contributed by atoms with E-state index in [9.17, 15) is 4.79 Å². The summed E-state index contributed by atoms with van der Waals surface area (Å²) >= 11 is 1.67. The molecule has 0 fully saturated rings. The monoisotopic (exact) mass is 266 g/mol. The molecular weight excluding hydrogens is 252 g/mol. The van der Waals surface area contributed by atoms with Crippen LogP contribution in [0.25, 0.3) is 0 Å². The minimum Gasteiger partial charge on any atom is -0.476 e. The Morgan fingerprint density at radius 3 is 3.11 bits per heavy atom. The van der Waals surface area contributed by atoms with Crippen LogP contribution in [0.15, 0.2) is 23.0 Å². The lowest BCUT2D eigenvalue weighted by Gasteiger charge is -2.11. The number of rotatable bonds is 6. The highest BCUT2D eigenvalue weighted by molar-refractivity contribution is 7.07. The lowest BCUT2D eigenvalue weighted by molar-refractivity contribution is 0.0690. The quantitative estimate of drug-likeness (QED) is 0.826. The zero-order valence-electron chi connectivity index (χ0n) is 9.91. The van der Waals surface area contributed by atoms with Crippen LogP contribution >= 0.6 is 11.3 Å². The maximum absolute atomic E-state index is 10.6. The Bertz CT molecular complexity index is 509. The van der Waals surface area contributed by atoms with Gasteiger partial charge in [-0.15, -0.1) is 5.10 Å². The molecule has 0 spiro atoms. The van der Waals surface area contributed by atoms with Gasteiger partial charge in [0.05, 0.1) is 12.7 Å². The summed E-state index contributed by atoms with van der Waals surface area (Å²) in [6.45, 7) is 3.39. The van der Waals surface area contributed by atoms with Crippen molar-refractivity contribution in [3.05, 3.63) is 34.3 Å². The Kier molecular flexibility index (Phi) is 4.06. The number of hydrogen-bond acceptors (Lipinski definition) is 5. The molecular formula is C11H14N4O2S. The molecule has 0 aliphatic heterocycles. The molecule has 1 atom stereocenters. The molecule has 0 bridgehead atoms. The van der Waals surface area contributed by atoms with Crippen LogP contribution < -0.4 is 5.32 Å². The second kappa shape index (κ2) is 5.74. The summed E-state index contributed by atoms with van der Waals surface area (Å²) in [5.74, 6) is -1.05. The zero-order chi connectivity index (χ0) is 13.0. The van der Waals surface area contributed by atoms with E-state index in [1.165, 1.54) is 16.4 Å². The van der Waals surface area contributed by atoms with Crippen LogP contribution in [0.5, 0.6) is 0 Å². The molecule has 0 amide bonds. The first-order chi connectivity index (χ1) is 8.66. The van der Waals surface area contributed by atoms with Gasteiger partial charge in [0.2, 0.25) is 0 Å². The number of carboxylic acid groups (broad SMARTS) is 1. The topological polar surface area (TPSA) is 80.0 Å². The van der Waals surface area contributed by atoms with Crippen LogP contribution in [0.4, 0.5) is 0 Å². The predicted molar refractivity (Wildman–Crippen MR) is 67.7 cm³/mol. The lowest BCUT2D eigenvalue weighted by atomic mass is 10.2. The fourth-order valence-corrected chi connectivity index (χ4v) is 2.29. The molecule has 6 nitrogen and oxygen atoms in total. The number of hydrogen-bond donors (Lipinski definition) is 2. The van der Waals surface area contributed by atoms with E-state index in [2.05, 4.69) is 34.0 Å². The summed E-state index contributed by atoms with van der Waals surface area (Å²) in [6.07, 6.45) is 1.43. The van der Waals surface area contributed by atoms with Crippen molar-refractivity contribution < 1.29 is 9.90 Å². The van der Waals surface area contributed by atoms with Crippen molar-refractivity contribution in [1.29, 1.82) is 0 Å². The highest BCUT2D eigenvalue weighted by Crippen LogP contribution is 2.14. The average Bonchev–Trinajstić information content (AvgIpc) is 3.00. The van der Waals surface area contributed by atoms with Gasteiger partial charge in [-0.25, -0.2) is 4.79 Å². The van der Waals surface area contributed by atoms with Crippen LogP contribution in [0.1, 0.15) is 29.0 Å². The van der Waals surface area contributed by atoms with Crippen molar-refractivity contribution >= 4 is 17.3 Å². The summed E-state index contributed by atoms with van der Waals surface area (Å²) in [5, 5.41) is 23.5. The molecule has 7 heteroatoms. The number of nitrogens with one attached hydrogen (secondary N) is 1. The van der Waals surface area contributed by atoms with Crippen molar-refractivity contribution in [2.75, 3.05) is 6.54 Å². The summed E-state index contributed by atoms with van der Waals surface area (Å²) in [4.78, 5) is 10.6. The fraction of sp³-hybridized carbons (Fsp3) is 0.364. The number of aromatic nitrogens is 3. The molecule has 2 rings (SSSR count). The van der Waals surface area contributed by atoms with Crippen LogP contribution in [0.2, 0.25) is 0 Å². The van der Waals surface area contributed by atoms with Gasteiger partial charge >= 0.3 is 5.97 Å². The average molecular weight is 266 g/mol. The standard InChI is InChI=1S/C11H14N4O2S/c1-8(9-2-5-18-7-9)12-3-4-15-6-10(11(16)17)13-14-15/h2,5-8,12H,3-4H2,1H3,(H,16,17). The molecule has 2 aromatic heterocycles. The van der Waals surface area contributed by atoms with E-state index >= 15 is 0 Å². The van der Waals surface area contributed by atoms with Gasteiger partial charge in [-0.1, -0.05) is 5.21 Å². The highest BCUT2D eigenvalue weighted by atomic mass is 32.1. The first-order valence-electron chi connectivity index (χ1n) is 5.55. The Hall–Kier alpha value is -1.73. The second-order valence-corrected chi connectivity index (χ2v) is 4.68. The third kappa shape index (κ3) is 3.14. The second-order valence-electron chi connectivity index (χ2n) is 3.90. The number of thiophene rings is 1. The van der Waals surface area contributed by atoms with E-state index < -0.39 is 5.97 Å². The number of carboxylic acids is 1. The molecule has 96 valence electrons. The molecule has 0 saturated carbocycles. The Balaban J connectivity index is 1.79. The maximum atomic E-state index is 10.6. The van der Waals surface area contributed by atoms with Gasteiger partial charge in [0, 0.05) is 12.6 Å². The van der Waals surface area contributed by atoms with E-state index in [4.69, 9.17) is 5.11 Å². The molecule has 18 heavy (non-hydrogen) atoms. The van der Waals surface area contributed by atoms with Crippen molar-refractivity contribution in [3.8, 4) is 0 Å². The van der Waals surface area contributed by atoms with Crippen LogP contribution in [0.3, 0.4) is 0 Å². The van der Waals surface area contributed by atoms with E-state index in [1.54, 1.807) is 11.3 Å². The first kappa shape index (κ1) is 12.7. The van der Waals surface area contributed by atoms with E-state index in [1.807, 2.05) is 5.38 Å². The molecule has 0 aliphatic carbocycles. The molecule has 2 heterocycles. The van der Waals surface area contributed by atoms with Gasteiger partial charge in [0.1, 0.15) is 0 Å². The molecule has 2 aromatic rings. The van der Waals surface area contributed by atoms with Gasteiger partial charge in [0.25, 0.3) is 0 Å². The summed E-state index contributed by atoms with van der Waals surface area (Å²) < 4.78 is 1.52. The maximum Gasteiger partial charge on any atom is 0.358 e. The van der Waals surface area contributed by atoms with E-state index in [0.717, 1.165) is 0 Å². The fourth-order valence-electron chi connectivity index (χ4n) is 1.54. The van der Waals surface area contributed by atoms with Gasteiger partial charge in [-0.3, -0.25) is 4.68 Å². The van der Waals surface area contributed by atoms with E-state index in [-0.39, 0.29) is 11.7 Å². The van der Waals surface area contributed by atoms with E-state index in [0.29, 0.717) is 13.1 Å². The predicted octanol–water partition coefficient (Wildman–Crippen LogP) is 1.39. The Morgan fingerprint density at radius 2 is 2.50 bits per heavy atom. The SMILES string of the molecule is CC(NCCn1cc(C(=O)O)nn1)c1ccsc1. The Labute approximate surface area is 108 Å². The normalized spacial score (nSPS) is 12.5. The summed E-state index contributed by atoms with van der Waals surface area (Å²) in [6, 6.07) is 2.36. The number of aromatic carboxylic acids is 1. The van der Waals surface area contributed by atoms with Crippen molar-refractivity contribution in [2.24, 2.45) is 0 Å². The number of nitrogens with zero attached hydrogens (tertiary/aromatic N) is 3. The zero-order valence-corrected chi connectivity index (χ0v) is 10.7. The van der Waals surface area contributed by atoms with Gasteiger partial charge < -0.3 is 10.4 Å². The van der Waals surface area contributed by atoms with Gasteiger partial charge in [-0.2, -0.15) is 11.3 Å². The smallest absolute Gasteiger partial charge is 0.358 e. The van der Waals surface area contributed by atoms with Crippen LogP contribution in [-0.4, -0.2) is 32.6 Å². The molecule has 0 saturated heterocycles. The summed E-state index contributed by atoms with van der Waals surface area (Å²) in [7, 11) is 0. The third-order valence-corrected chi connectivity index (χ3v) is 3.29. The van der Waals surface area contributed by atoms with Crippen molar-refractivity contribution in [2.45, 2.75) is 19.5 Å². The summed E-state index contributed by atoms with van der Waals surface area (Å²) in [5.41, 5.74) is 1.23. The molecule has 0 aliphatic rings. The van der Waals surface area contributed by atoms with Gasteiger partial charge in [-0.05, 0) is 29.3 Å². The van der Waals surface area contributed by atoms with Crippen molar-refractivity contribution in [3.63, 3.8) is 0 Å². The largest absolute Gasteiger partial charge is 0.476 e. The molecule has 0 aromatic carbocycles. The minimum absolute atomic E-state index is 0.0270. The molecule has 0 radical (unpaired) electrons. The van der Waals surface area contributed by atoms with Crippen LogP contribution in [-0.2, 0) is 6.54 Å². The third-order valence-electron chi connectivity index (χ3n) is 2.59. The molecule has 1 unspecified atom stereocenters. The Morgan fingerprint density at radius 1 is 1.67 bits per heavy atom. The number of carbonyl (C=O) groups is 1. The van der Waals surface area contributed by atoms with Crippen molar-refractivity contribution in [1.82, 2.24) is 20.3 Å². The van der Waals surface area contributed by atoms with Gasteiger partial charge in [0.15, 0.2) is 5.69 Å². The lowest BCUT2D eigenvalue weighted by Crippen LogP contribution is -2.23. The first-order valence-corrected chi connectivity index (χ1v) is 6.50. The highest BCUT2D eigenvalue weighted by Gasteiger charge is 2.08. The molecule has 2 N–H and O–H groups in total. The minimum atomic E-state index is -1.05. The van der Waals surface area contributed by atoms with Crippen LogP contribution in [0, 0.1) is 0 Å².